The predicted octanol–water partition coefficient (Wildman–Crippen LogP) is 1.06. The largest absolute Gasteiger partial charge is 0.388 e. The third kappa shape index (κ3) is 2.64. The van der Waals surface area contributed by atoms with Gasteiger partial charge in [-0.15, -0.1) is 11.3 Å². The summed E-state index contributed by atoms with van der Waals surface area (Å²) < 4.78 is 1.92. The molecule has 8 nitrogen and oxygen atoms in total. The molecule has 4 rings (SSSR count). The second kappa shape index (κ2) is 5.76. The highest BCUT2D eigenvalue weighted by Gasteiger charge is 2.39. The van der Waals surface area contributed by atoms with Crippen molar-refractivity contribution in [2.24, 2.45) is 0 Å². The first-order valence-electron chi connectivity index (χ1n) is 7.79. The minimum absolute atomic E-state index is 0.163. The quantitative estimate of drug-likeness (QED) is 0.731. The number of imidazole rings is 1. The van der Waals surface area contributed by atoms with Crippen molar-refractivity contribution < 1.29 is 5.11 Å². The summed E-state index contributed by atoms with van der Waals surface area (Å²) in [5, 5.41) is 13.0. The molecule has 3 N–H and O–H groups in total. The maximum Gasteiger partial charge on any atom is 0.165 e. The second-order valence-electron chi connectivity index (χ2n) is 6.42. The molecule has 1 aliphatic rings. The highest BCUT2D eigenvalue weighted by molar-refractivity contribution is 7.07. The molecule has 0 amide bonds. The molecule has 0 aromatic carbocycles. The normalized spacial score (nSPS) is 25.3. The molecule has 1 saturated heterocycles. The number of fused-ring (bicyclic) bond motifs is 1. The maximum absolute atomic E-state index is 10.9. The standard InChI is InChI=1S/C15H19N7OS/c1-15(23)2-3-21(4-10-6-24-9-20-10)5-11(15)22-8-19-12-13(16)17-7-18-14(12)22/h6-9,11,23H,2-5H2,1H3,(H2,16,17,18)/t11-,15-/m1/s1. The van der Waals surface area contributed by atoms with E-state index in [9.17, 15) is 5.11 Å². The van der Waals surface area contributed by atoms with Gasteiger partial charge in [0.2, 0.25) is 0 Å². The lowest BCUT2D eigenvalue weighted by molar-refractivity contribution is -0.0517. The maximum atomic E-state index is 10.9. The van der Waals surface area contributed by atoms with E-state index in [4.69, 9.17) is 5.73 Å². The molecule has 1 fully saturated rings. The van der Waals surface area contributed by atoms with Crippen LogP contribution in [0.2, 0.25) is 0 Å². The van der Waals surface area contributed by atoms with Crippen LogP contribution < -0.4 is 5.73 Å². The van der Waals surface area contributed by atoms with E-state index in [0.717, 1.165) is 18.8 Å². The third-order valence-corrected chi connectivity index (χ3v) is 5.31. The van der Waals surface area contributed by atoms with Crippen LogP contribution in [-0.4, -0.2) is 53.2 Å². The van der Waals surface area contributed by atoms with E-state index in [1.165, 1.54) is 6.33 Å². The molecule has 2 atom stereocenters. The van der Waals surface area contributed by atoms with E-state index in [-0.39, 0.29) is 6.04 Å². The number of thiazole rings is 1. The van der Waals surface area contributed by atoms with Gasteiger partial charge in [0.05, 0.1) is 29.2 Å². The Morgan fingerprint density at radius 1 is 1.38 bits per heavy atom. The Balaban J connectivity index is 1.66. The van der Waals surface area contributed by atoms with E-state index < -0.39 is 5.60 Å². The van der Waals surface area contributed by atoms with Crippen molar-refractivity contribution in [2.45, 2.75) is 31.5 Å². The third-order valence-electron chi connectivity index (χ3n) is 4.68. The first-order valence-corrected chi connectivity index (χ1v) is 8.74. The topological polar surface area (TPSA) is 106 Å². The van der Waals surface area contributed by atoms with Crippen LogP contribution in [0.3, 0.4) is 0 Å². The van der Waals surface area contributed by atoms with Crippen LogP contribution in [0, 0.1) is 0 Å². The van der Waals surface area contributed by atoms with E-state index in [1.54, 1.807) is 17.7 Å². The van der Waals surface area contributed by atoms with Crippen molar-refractivity contribution in [2.75, 3.05) is 18.8 Å². The molecule has 3 aromatic heterocycles. The van der Waals surface area contributed by atoms with E-state index in [2.05, 4.69) is 30.2 Å². The van der Waals surface area contributed by atoms with Crippen LogP contribution >= 0.6 is 11.3 Å². The average molecular weight is 345 g/mol. The van der Waals surface area contributed by atoms with Gasteiger partial charge >= 0.3 is 0 Å². The highest BCUT2D eigenvalue weighted by atomic mass is 32.1. The zero-order valence-corrected chi connectivity index (χ0v) is 14.1. The fourth-order valence-electron chi connectivity index (χ4n) is 3.26. The molecular weight excluding hydrogens is 326 g/mol. The molecule has 24 heavy (non-hydrogen) atoms. The van der Waals surface area contributed by atoms with E-state index in [1.807, 2.05) is 17.0 Å². The number of nitrogens with zero attached hydrogens (tertiary/aromatic N) is 6. The number of aliphatic hydroxyl groups is 1. The monoisotopic (exact) mass is 345 g/mol. The van der Waals surface area contributed by atoms with Crippen molar-refractivity contribution in [3.63, 3.8) is 0 Å². The molecule has 0 bridgehead atoms. The predicted molar refractivity (Wildman–Crippen MR) is 91.4 cm³/mol. The summed E-state index contributed by atoms with van der Waals surface area (Å²) in [5.74, 6) is 0.355. The van der Waals surface area contributed by atoms with Crippen molar-refractivity contribution in [1.82, 2.24) is 29.4 Å². The van der Waals surface area contributed by atoms with Crippen molar-refractivity contribution in [1.29, 1.82) is 0 Å². The molecule has 126 valence electrons. The summed E-state index contributed by atoms with van der Waals surface area (Å²) in [6.45, 7) is 4.17. The van der Waals surface area contributed by atoms with Gasteiger partial charge < -0.3 is 15.4 Å². The zero-order valence-electron chi connectivity index (χ0n) is 13.3. The van der Waals surface area contributed by atoms with E-state index >= 15 is 0 Å². The minimum Gasteiger partial charge on any atom is -0.388 e. The van der Waals surface area contributed by atoms with Crippen LogP contribution in [0.15, 0.2) is 23.5 Å². The molecule has 9 heteroatoms. The summed E-state index contributed by atoms with van der Waals surface area (Å²) in [6, 6.07) is -0.163. The van der Waals surface area contributed by atoms with Crippen molar-refractivity contribution in [3.05, 3.63) is 29.2 Å². The number of anilines is 1. The molecule has 1 aliphatic heterocycles. The van der Waals surface area contributed by atoms with Gasteiger partial charge in [0.15, 0.2) is 11.5 Å². The number of piperidine rings is 1. The number of hydrogen-bond acceptors (Lipinski definition) is 8. The van der Waals surface area contributed by atoms with Crippen LogP contribution in [0.25, 0.3) is 11.2 Å². The van der Waals surface area contributed by atoms with Gasteiger partial charge in [-0.3, -0.25) is 4.90 Å². The van der Waals surface area contributed by atoms with Gasteiger partial charge in [-0.1, -0.05) is 0 Å². The van der Waals surface area contributed by atoms with Gasteiger partial charge in [-0.05, 0) is 13.3 Å². The molecule has 0 saturated carbocycles. The number of hydrogen-bond donors (Lipinski definition) is 2. The Hall–Kier alpha value is -2.10. The summed E-state index contributed by atoms with van der Waals surface area (Å²) >= 11 is 1.60. The smallest absolute Gasteiger partial charge is 0.165 e. The Labute approximate surface area is 143 Å². The molecule has 0 radical (unpaired) electrons. The Morgan fingerprint density at radius 2 is 2.25 bits per heavy atom. The lowest BCUT2D eigenvalue weighted by atomic mass is 9.88. The van der Waals surface area contributed by atoms with Gasteiger partial charge in [0.1, 0.15) is 11.8 Å². The number of likely N-dealkylation sites (tertiary alicyclic amines) is 1. The molecule has 0 spiro atoms. The second-order valence-corrected chi connectivity index (χ2v) is 7.14. The molecule has 4 heterocycles. The molecule has 3 aromatic rings. The lowest BCUT2D eigenvalue weighted by Gasteiger charge is -2.43. The molecule has 0 unspecified atom stereocenters. The van der Waals surface area contributed by atoms with Gasteiger partial charge in [0.25, 0.3) is 0 Å². The summed E-state index contributed by atoms with van der Waals surface area (Å²) in [5.41, 5.74) is 9.17. The molecular formula is C15H19N7OS. The Morgan fingerprint density at radius 3 is 3.04 bits per heavy atom. The number of nitrogens with two attached hydrogens (primary N) is 1. The number of aromatic nitrogens is 5. The minimum atomic E-state index is -0.841. The fourth-order valence-corrected chi connectivity index (χ4v) is 3.81. The molecule has 0 aliphatic carbocycles. The van der Waals surface area contributed by atoms with Gasteiger partial charge in [-0.25, -0.2) is 19.9 Å². The van der Waals surface area contributed by atoms with Crippen molar-refractivity contribution in [3.8, 4) is 0 Å². The SMILES string of the molecule is C[C@@]1(O)CCN(Cc2cscn2)C[C@H]1n1cnc2c(N)ncnc21. The summed E-state index contributed by atoms with van der Waals surface area (Å²) in [4.78, 5) is 19.3. The van der Waals surface area contributed by atoms with Gasteiger partial charge in [0, 0.05) is 25.0 Å². The van der Waals surface area contributed by atoms with Crippen LogP contribution in [-0.2, 0) is 6.54 Å². The van der Waals surface area contributed by atoms with Crippen LogP contribution in [0.1, 0.15) is 25.1 Å². The summed E-state index contributed by atoms with van der Waals surface area (Å²) in [6.07, 6.45) is 3.80. The van der Waals surface area contributed by atoms with Crippen molar-refractivity contribution >= 4 is 28.3 Å². The van der Waals surface area contributed by atoms with E-state index in [0.29, 0.717) is 29.9 Å². The first-order chi connectivity index (χ1) is 11.5. The number of nitrogen functional groups attached to an aromatic ring is 1. The first kappa shape index (κ1) is 15.4. The Bertz CT molecular complexity index is 845. The number of rotatable bonds is 3. The van der Waals surface area contributed by atoms with Crippen LogP contribution in [0.5, 0.6) is 0 Å². The average Bonchev–Trinajstić information content (AvgIpc) is 3.19. The fraction of sp³-hybridized carbons (Fsp3) is 0.467. The van der Waals surface area contributed by atoms with Crippen LogP contribution in [0.4, 0.5) is 5.82 Å². The van der Waals surface area contributed by atoms with Gasteiger partial charge in [-0.2, -0.15) is 0 Å². The highest BCUT2D eigenvalue weighted by Crippen LogP contribution is 2.34. The lowest BCUT2D eigenvalue weighted by Crippen LogP contribution is -2.50. The zero-order chi connectivity index (χ0) is 16.7. The summed E-state index contributed by atoms with van der Waals surface area (Å²) in [7, 11) is 0. The Kier molecular flexibility index (Phi) is 3.70.